The van der Waals surface area contributed by atoms with Gasteiger partial charge in [-0.15, -0.1) is 18.3 Å². The van der Waals surface area contributed by atoms with Crippen LogP contribution in [-0.2, 0) is 15.3 Å². The smallest absolute Gasteiger partial charge is 0.326 e. The molecule has 0 aliphatic rings. The molecule has 0 saturated heterocycles. The zero-order chi connectivity index (χ0) is 15.0. The van der Waals surface area contributed by atoms with Crippen molar-refractivity contribution in [1.29, 1.82) is 0 Å². The van der Waals surface area contributed by atoms with Crippen LogP contribution >= 0.6 is 11.8 Å². The number of carbonyl (C=O) groups excluding carboxylic acids is 1. The van der Waals surface area contributed by atoms with Gasteiger partial charge in [-0.25, -0.2) is 4.79 Å². The summed E-state index contributed by atoms with van der Waals surface area (Å²) in [6.45, 7) is 5.50. The zero-order valence-corrected chi connectivity index (χ0v) is 12.3. The highest BCUT2D eigenvalue weighted by Crippen LogP contribution is 2.13. The van der Waals surface area contributed by atoms with Gasteiger partial charge in [-0.3, -0.25) is 4.79 Å². The summed E-state index contributed by atoms with van der Waals surface area (Å²) in [6.07, 6.45) is 1.71. The lowest BCUT2D eigenvalue weighted by molar-refractivity contribution is -0.141. The summed E-state index contributed by atoms with van der Waals surface area (Å²) in [5.74, 6) is -0.331. The third-order valence-electron chi connectivity index (χ3n) is 2.62. The van der Waals surface area contributed by atoms with Gasteiger partial charge in [0.15, 0.2) is 0 Å². The van der Waals surface area contributed by atoms with Crippen LogP contribution in [0.5, 0.6) is 0 Å². The van der Waals surface area contributed by atoms with Crippen molar-refractivity contribution in [3.05, 3.63) is 48.0 Å². The molecule has 0 bridgehead atoms. The van der Waals surface area contributed by atoms with Gasteiger partial charge in [0.25, 0.3) is 0 Å². The number of carbonyl (C=O) groups is 2. The Bertz CT molecular complexity index is 488. The third-order valence-corrected chi connectivity index (χ3v) is 3.62. The molecule has 4 nitrogen and oxygen atoms in total. The largest absolute Gasteiger partial charge is 0.480 e. The average molecular weight is 293 g/mol. The summed E-state index contributed by atoms with van der Waals surface area (Å²) in [7, 11) is 0. The Balaban J connectivity index is 2.36. The Labute approximate surface area is 123 Å². The zero-order valence-electron chi connectivity index (χ0n) is 11.5. The van der Waals surface area contributed by atoms with Crippen molar-refractivity contribution < 1.29 is 14.7 Å². The van der Waals surface area contributed by atoms with E-state index in [4.69, 9.17) is 5.11 Å². The van der Waals surface area contributed by atoms with Crippen LogP contribution < -0.4 is 5.32 Å². The number of nitrogens with one attached hydrogen (secondary N) is 1. The molecule has 1 amide bonds. The highest BCUT2D eigenvalue weighted by Gasteiger charge is 2.17. The van der Waals surface area contributed by atoms with Gasteiger partial charge in [0, 0.05) is 5.75 Å². The second kappa shape index (κ2) is 8.43. The number of hydrogen-bond donors (Lipinski definition) is 2. The summed E-state index contributed by atoms with van der Waals surface area (Å²) in [5, 5.41) is 11.4. The number of rotatable bonds is 8. The van der Waals surface area contributed by atoms with Crippen LogP contribution in [0.25, 0.3) is 0 Å². The molecule has 1 aromatic rings. The standard InChI is InChI=1S/C15H19NO3S/c1-3-5-13(15(18)19)16-14(17)10-20-9-12-7-4-6-11(2)8-12/h3-4,6-8,13H,1,5,9-10H2,2H3,(H,16,17)(H,18,19). The molecule has 0 heterocycles. The molecule has 20 heavy (non-hydrogen) atoms. The van der Waals surface area contributed by atoms with Gasteiger partial charge in [0.1, 0.15) is 6.04 Å². The van der Waals surface area contributed by atoms with Crippen LogP contribution in [0.2, 0.25) is 0 Å². The van der Waals surface area contributed by atoms with E-state index in [0.717, 1.165) is 11.3 Å². The predicted molar refractivity (Wildman–Crippen MR) is 81.7 cm³/mol. The second-order valence-electron chi connectivity index (χ2n) is 4.46. The number of aliphatic carboxylic acids is 1. The van der Waals surface area contributed by atoms with Crippen molar-refractivity contribution >= 4 is 23.6 Å². The van der Waals surface area contributed by atoms with Gasteiger partial charge in [-0.2, -0.15) is 0 Å². The number of aryl methyl sites for hydroxylation is 1. The first-order chi connectivity index (χ1) is 9.52. The first-order valence-electron chi connectivity index (χ1n) is 6.29. The molecule has 1 atom stereocenters. The maximum absolute atomic E-state index is 11.7. The first-order valence-corrected chi connectivity index (χ1v) is 7.44. The molecule has 2 N–H and O–H groups in total. The lowest BCUT2D eigenvalue weighted by atomic mass is 10.2. The van der Waals surface area contributed by atoms with E-state index in [1.165, 1.54) is 23.4 Å². The van der Waals surface area contributed by atoms with E-state index < -0.39 is 12.0 Å². The molecule has 0 fully saturated rings. The molecule has 0 radical (unpaired) electrons. The molecule has 0 spiro atoms. The minimum atomic E-state index is -1.04. The second-order valence-corrected chi connectivity index (χ2v) is 5.45. The molecule has 1 aromatic carbocycles. The Morgan fingerprint density at radius 3 is 2.85 bits per heavy atom. The summed E-state index contributed by atoms with van der Waals surface area (Å²) < 4.78 is 0. The lowest BCUT2D eigenvalue weighted by Gasteiger charge is -2.12. The number of thioether (sulfide) groups is 1. The fourth-order valence-electron chi connectivity index (χ4n) is 1.69. The van der Waals surface area contributed by atoms with Crippen molar-refractivity contribution in [2.75, 3.05) is 5.75 Å². The van der Waals surface area contributed by atoms with Crippen LogP contribution in [0.1, 0.15) is 17.5 Å². The van der Waals surface area contributed by atoms with Gasteiger partial charge in [-0.05, 0) is 18.9 Å². The molecule has 0 aromatic heterocycles. The average Bonchev–Trinajstić information content (AvgIpc) is 2.38. The van der Waals surface area contributed by atoms with Gasteiger partial charge in [-0.1, -0.05) is 35.9 Å². The molecule has 1 rings (SSSR count). The number of benzene rings is 1. The maximum Gasteiger partial charge on any atom is 0.326 e. The first kappa shape index (κ1) is 16.3. The van der Waals surface area contributed by atoms with Gasteiger partial charge >= 0.3 is 5.97 Å². The Morgan fingerprint density at radius 2 is 2.25 bits per heavy atom. The summed E-state index contributed by atoms with van der Waals surface area (Å²) in [5.41, 5.74) is 2.34. The van der Waals surface area contributed by atoms with Crippen molar-refractivity contribution in [1.82, 2.24) is 5.32 Å². The molecule has 5 heteroatoms. The van der Waals surface area contributed by atoms with Crippen molar-refractivity contribution in [3.63, 3.8) is 0 Å². The van der Waals surface area contributed by atoms with Crippen molar-refractivity contribution in [3.8, 4) is 0 Å². The van der Waals surface area contributed by atoms with E-state index in [1.54, 1.807) is 0 Å². The van der Waals surface area contributed by atoms with Crippen LogP contribution in [0.15, 0.2) is 36.9 Å². The minimum Gasteiger partial charge on any atom is -0.480 e. The Hall–Kier alpha value is -1.75. The van der Waals surface area contributed by atoms with Crippen LogP contribution in [0, 0.1) is 6.92 Å². The summed E-state index contributed by atoms with van der Waals surface area (Å²) in [4.78, 5) is 22.5. The third kappa shape index (κ3) is 5.93. The topological polar surface area (TPSA) is 66.4 Å². The van der Waals surface area contributed by atoms with Crippen molar-refractivity contribution in [2.45, 2.75) is 25.1 Å². The monoisotopic (exact) mass is 293 g/mol. The molecular formula is C15H19NO3S. The van der Waals surface area contributed by atoms with Gasteiger partial charge in [0.05, 0.1) is 5.75 Å². The number of carboxylic acid groups (broad SMARTS) is 1. The molecule has 1 unspecified atom stereocenters. The van der Waals surface area contributed by atoms with Crippen LogP contribution in [-0.4, -0.2) is 28.8 Å². The molecule has 0 aliphatic heterocycles. The lowest BCUT2D eigenvalue weighted by Crippen LogP contribution is -2.41. The summed E-state index contributed by atoms with van der Waals surface area (Å²) >= 11 is 1.46. The summed E-state index contributed by atoms with van der Waals surface area (Å²) in [6, 6.07) is 7.20. The van der Waals surface area contributed by atoms with Crippen LogP contribution in [0.3, 0.4) is 0 Å². The van der Waals surface area contributed by atoms with E-state index in [2.05, 4.69) is 18.0 Å². The SMILES string of the molecule is C=CCC(NC(=O)CSCc1cccc(C)c1)C(=O)O. The highest BCUT2D eigenvalue weighted by molar-refractivity contribution is 7.99. The Morgan fingerprint density at radius 1 is 1.50 bits per heavy atom. The van der Waals surface area contributed by atoms with E-state index in [1.807, 2.05) is 25.1 Å². The van der Waals surface area contributed by atoms with Gasteiger partial charge < -0.3 is 10.4 Å². The van der Waals surface area contributed by atoms with E-state index in [0.29, 0.717) is 0 Å². The van der Waals surface area contributed by atoms with E-state index in [9.17, 15) is 9.59 Å². The molecule has 0 aliphatic carbocycles. The number of carboxylic acids is 1. The minimum absolute atomic E-state index is 0.226. The maximum atomic E-state index is 11.7. The van der Waals surface area contributed by atoms with Crippen LogP contribution in [0.4, 0.5) is 0 Å². The molecular weight excluding hydrogens is 274 g/mol. The normalized spacial score (nSPS) is 11.7. The quantitative estimate of drug-likeness (QED) is 0.722. The van der Waals surface area contributed by atoms with E-state index >= 15 is 0 Å². The van der Waals surface area contributed by atoms with Gasteiger partial charge in [0.2, 0.25) is 5.91 Å². The molecule has 108 valence electrons. The fraction of sp³-hybridized carbons (Fsp3) is 0.333. The van der Waals surface area contributed by atoms with Crippen molar-refractivity contribution in [2.24, 2.45) is 0 Å². The fourth-order valence-corrected chi connectivity index (χ4v) is 2.47. The Kier molecular flexibility index (Phi) is 6.87. The molecule has 0 saturated carbocycles. The van der Waals surface area contributed by atoms with E-state index in [-0.39, 0.29) is 18.1 Å². The number of hydrogen-bond acceptors (Lipinski definition) is 3. The predicted octanol–water partition coefficient (Wildman–Crippen LogP) is 2.37. The number of amides is 1. The highest BCUT2D eigenvalue weighted by atomic mass is 32.2.